The van der Waals surface area contributed by atoms with Crippen molar-refractivity contribution in [1.82, 2.24) is 5.43 Å². The van der Waals surface area contributed by atoms with Gasteiger partial charge in [-0.2, -0.15) is 16.4 Å². The Kier molecular flexibility index (Phi) is 3.28. The van der Waals surface area contributed by atoms with E-state index in [1.807, 2.05) is 16.8 Å². The minimum Gasteiger partial charge on any atom is -0.452 e. The summed E-state index contributed by atoms with van der Waals surface area (Å²) in [6.07, 6.45) is 0.981. The van der Waals surface area contributed by atoms with Crippen LogP contribution in [0.3, 0.4) is 0 Å². The molecule has 0 fully saturated rings. The number of carbonyl (C=O) groups is 1. The first-order valence-electron chi connectivity index (χ1n) is 3.22. The number of nitrogens with one attached hydrogen (secondary N) is 1. The van der Waals surface area contributed by atoms with Gasteiger partial charge < -0.3 is 4.74 Å². The van der Waals surface area contributed by atoms with Crippen molar-refractivity contribution in [2.24, 2.45) is 5.10 Å². The summed E-state index contributed by atoms with van der Waals surface area (Å²) in [4.78, 5) is 10.5. The van der Waals surface area contributed by atoms with Crippen LogP contribution in [-0.2, 0) is 4.74 Å². The fourth-order valence-electron chi connectivity index (χ4n) is 0.554. The highest BCUT2D eigenvalue weighted by molar-refractivity contribution is 7.08. The van der Waals surface area contributed by atoms with E-state index in [1.165, 1.54) is 7.11 Å². The van der Waals surface area contributed by atoms with Crippen molar-refractivity contribution < 1.29 is 9.53 Å². The smallest absolute Gasteiger partial charge is 0.427 e. The Balaban J connectivity index is 2.37. The molecule has 1 aromatic rings. The first-order chi connectivity index (χ1) is 5.83. The predicted octanol–water partition coefficient (Wildman–Crippen LogP) is 1.44. The minimum absolute atomic E-state index is 0.568. The summed E-state index contributed by atoms with van der Waals surface area (Å²) in [5.41, 5.74) is 3.14. The second-order valence-corrected chi connectivity index (χ2v) is 2.70. The van der Waals surface area contributed by atoms with Gasteiger partial charge in [0, 0.05) is 5.56 Å². The molecular weight excluding hydrogens is 176 g/mol. The van der Waals surface area contributed by atoms with E-state index in [4.69, 9.17) is 0 Å². The van der Waals surface area contributed by atoms with Crippen LogP contribution in [0.1, 0.15) is 5.56 Å². The van der Waals surface area contributed by atoms with Crippen LogP contribution in [0.25, 0.3) is 0 Å². The van der Waals surface area contributed by atoms with Crippen LogP contribution in [0.2, 0.25) is 0 Å². The monoisotopic (exact) mass is 184 g/mol. The first-order valence-corrected chi connectivity index (χ1v) is 4.16. The maximum atomic E-state index is 10.5. The quantitative estimate of drug-likeness (QED) is 0.558. The highest BCUT2D eigenvalue weighted by Gasteiger charge is 1.92. The SMILES string of the molecule is COC(=O)NN=Cc1ccsc1. The van der Waals surface area contributed by atoms with Gasteiger partial charge in [0.05, 0.1) is 13.3 Å². The molecule has 0 atom stereocenters. The van der Waals surface area contributed by atoms with Crippen LogP contribution in [0.15, 0.2) is 21.9 Å². The molecule has 1 heterocycles. The Morgan fingerprint density at radius 1 is 1.83 bits per heavy atom. The molecule has 64 valence electrons. The van der Waals surface area contributed by atoms with E-state index in [9.17, 15) is 4.79 Å². The largest absolute Gasteiger partial charge is 0.452 e. The molecule has 1 amide bonds. The second-order valence-electron chi connectivity index (χ2n) is 1.92. The van der Waals surface area contributed by atoms with Gasteiger partial charge in [0.2, 0.25) is 0 Å². The number of rotatable bonds is 2. The molecule has 0 saturated carbocycles. The minimum atomic E-state index is -0.568. The molecule has 1 N–H and O–H groups in total. The highest BCUT2D eigenvalue weighted by atomic mass is 32.1. The number of hydrogen-bond acceptors (Lipinski definition) is 4. The zero-order valence-corrected chi connectivity index (χ0v) is 7.30. The van der Waals surface area contributed by atoms with Crippen molar-refractivity contribution in [3.8, 4) is 0 Å². The average Bonchev–Trinajstić information content (AvgIpc) is 2.57. The Hall–Kier alpha value is -1.36. The van der Waals surface area contributed by atoms with Crippen LogP contribution < -0.4 is 5.43 Å². The molecule has 0 radical (unpaired) electrons. The molecule has 0 unspecified atom stereocenters. The average molecular weight is 184 g/mol. The fraction of sp³-hybridized carbons (Fsp3) is 0.143. The number of nitrogens with zero attached hydrogens (tertiary/aromatic N) is 1. The number of thiophene rings is 1. The van der Waals surface area contributed by atoms with Crippen molar-refractivity contribution in [3.63, 3.8) is 0 Å². The van der Waals surface area contributed by atoms with Crippen LogP contribution in [0.5, 0.6) is 0 Å². The number of methoxy groups -OCH3 is 1. The normalized spacial score (nSPS) is 10.1. The van der Waals surface area contributed by atoms with Crippen LogP contribution >= 0.6 is 11.3 Å². The summed E-state index contributed by atoms with van der Waals surface area (Å²) >= 11 is 1.57. The Morgan fingerprint density at radius 2 is 2.67 bits per heavy atom. The van der Waals surface area contributed by atoms with Crippen molar-refractivity contribution in [2.45, 2.75) is 0 Å². The third-order valence-corrected chi connectivity index (χ3v) is 1.80. The Morgan fingerprint density at radius 3 is 3.25 bits per heavy atom. The number of ether oxygens (including phenoxy) is 1. The van der Waals surface area contributed by atoms with Crippen molar-refractivity contribution >= 4 is 23.6 Å². The summed E-state index contributed by atoms with van der Waals surface area (Å²) in [6.45, 7) is 0. The summed E-state index contributed by atoms with van der Waals surface area (Å²) in [5, 5.41) is 7.49. The molecule has 1 rings (SSSR count). The first kappa shape index (κ1) is 8.73. The Labute approximate surface area is 73.9 Å². The van der Waals surface area contributed by atoms with Gasteiger partial charge in [0.1, 0.15) is 0 Å². The van der Waals surface area contributed by atoms with E-state index in [0.717, 1.165) is 5.56 Å². The van der Waals surface area contributed by atoms with E-state index in [0.29, 0.717) is 0 Å². The molecule has 4 nitrogen and oxygen atoms in total. The van der Waals surface area contributed by atoms with Crippen molar-refractivity contribution in [3.05, 3.63) is 22.4 Å². The summed E-state index contributed by atoms with van der Waals surface area (Å²) in [6, 6.07) is 1.90. The highest BCUT2D eigenvalue weighted by Crippen LogP contribution is 2.01. The molecule has 0 spiro atoms. The van der Waals surface area contributed by atoms with Crippen molar-refractivity contribution in [2.75, 3.05) is 7.11 Å². The fourth-order valence-corrected chi connectivity index (χ4v) is 1.16. The van der Waals surface area contributed by atoms with Crippen molar-refractivity contribution in [1.29, 1.82) is 0 Å². The molecule has 0 aliphatic rings. The molecule has 0 saturated heterocycles. The molecular formula is C7H8N2O2S. The third-order valence-electron chi connectivity index (χ3n) is 1.10. The third kappa shape index (κ3) is 2.71. The standard InChI is InChI=1S/C7H8N2O2S/c1-11-7(10)9-8-4-6-2-3-12-5-6/h2-5H,1H3,(H,9,10). The number of hydrogen-bond donors (Lipinski definition) is 1. The number of amides is 1. The maximum Gasteiger partial charge on any atom is 0.427 e. The summed E-state index contributed by atoms with van der Waals surface area (Å²) in [5.74, 6) is 0. The second kappa shape index (κ2) is 4.50. The molecule has 0 aromatic carbocycles. The van der Waals surface area contributed by atoms with Gasteiger partial charge in [-0.25, -0.2) is 10.2 Å². The molecule has 0 bridgehead atoms. The summed E-state index contributed by atoms with van der Waals surface area (Å²) in [7, 11) is 1.29. The molecule has 0 aliphatic heterocycles. The zero-order valence-electron chi connectivity index (χ0n) is 6.48. The molecule has 0 aliphatic carbocycles. The van der Waals surface area contributed by atoms with Gasteiger partial charge in [-0.15, -0.1) is 0 Å². The molecule has 1 aromatic heterocycles. The van der Waals surface area contributed by atoms with Crippen LogP contribution in [-0.4, -0.2) is 19.4 Å². The van der Waals surface area contributed by atoms with E-state index in [2.05, 4.69) is 15.3 Å². The summed E-state index contributed by atoms with van der Waals surface area (Å²) < 4.78 is 4.31. The van der Waals surface area contributed by atoms with E-state index in [-0.39, 0.29) is 0 Å². The van der Waals surface area contributed by atoms with Gasteiger partial charge in [0.15, 0.2) is 0 Å². The number of hydrazone groups is 1. The number of carbonyl (C=O) groups excluding carboxylic acids is 1. The lowest BCUT2D eigenvalue weighted by Gasteiger charge is -1.93. The van der Waals surface area contributed by atoms with Gasteiger partial charge in [-0.05, 0) is 16.8 Å². The van der Waals surface area contributed by atoms with Crippen LogP contribution in [0, 0.1) is 0 Å². The molecule has 5 heteroatoms. The lowest BCUT2D eigenvalue weighted by Crippen LogP contribution is -2.16. The lowest BCUT2D eigenvalue weighted by molar-refractivity contribution is 0.171. The topological polar surface area (TPSA) is 50.7 Å². The lowest BCUT2D eigenvalue weighted by atomic mass is 10.4. The zero-order chi connectivity index (χ0) is 8.81. The van der Waals surface area contributed by atoms with Gasteiger partial charge >= 0.3 is 6.09 Å². The van der Waals surface area contributed by atoms with Gasteiger partial charge in [0.25, 0.3) is 0 Å². The Bertz CT molecular complexity index is 269. The van der Waals surface area contributed by atoms with E-state index < -0.39 is 6.09 Å². The van der Waals surface area contributed by atoms with Gasteiger partial charge in [-0.1, -0.05) is 0 Å². The van der Waals surface area contributed by atoms with Crippen LogP contribution in [0.4, 0.5) is 4.79 Å². The van der Waals surface area contributed by atoms with Gasteiger partial charge in [-0.3, -0.25) is 0 Å². The van der Waals surface area contributed by atoms with E-state index in [1.54, 1.807) is 17.6 Å². The van der Waals surface area contributed by atoms with E-state index >= 15 is 0 Å². The predicted molar refractivity (Wildman–Crippen MR) is 47.5 cm³/mol. The molecule has 12 heavy (non-hydrogen) atoms. The maximum absolute atomic E-state index is 10.5.